The number of benzene rings is 3. The third kappa shape index (κ3) is 5.26. The van der Waals surface area contributed by atoms with Crippen LogP contribution in [0.4, 0.5) is 22.0 Å². The van der Waals surface area contributed by atoms with Gasteiger partial charge >= 0.3 is 0 Å². The maximum Gasteiger partial charge on any atom is 0.200 e. The van der Waals surface area contributed by atoms with Crippen LogP contribution in [0.5, 0.6) is 11.5 Å². The van der Waals surface area contributed by atoms with Gasteiger partial charge in [0.15, 0.2) is 47.0 Å². The summed E-state index contributed by atoms with van der Waals surface area (Å²) in [7, 11) is 3.05. The van der Waals surface area contributed by atoms with E-state index >= 15 is 0 Å². The smallest absolute Gasteiger partial charge is 0.200 e. The Morgan fingerprint density at radius 3 is 1.87 bits per heavy atom. The summed E-state index contributed by atoms with van der Waals surface area (Å²) in [5, 5.41) is 0. The van der Waals surface area contributed by atoms with Crippen LogP contribution in [0.25, 0.3) is 0 Å². The molecule has 0 fully saturated rings. The van der Waals surface area contributed by atoms with Gasteiger partial charge in [0.25, 0.3) is 0 Å². The molecule has 0 N–H and O–H groups in total. The highest BCUT2D eigenvalue weighted by molar-refractivity contribution is 5.99. The zero-order chi connectivity index (χ0) is 27.8. The molecular formula is C30H31F5NO2+. The van der Waals surface area contributed by atoms with E-state index in [1.54, 1.807) is 10.6 Å². The fourth-order valence-corrected chi connectivity index (χ4v) is 4.84. The normalized spacial score (nSPS) is 13.5. The molecule has 3 aromatic carbocycles. The second-order valence-corrected chi connectivity index (χ2v) is 10.5. The number of rotatable bonds is 7. The highest BCUT2D eigenvalue weighted by atomic mass is 19.2. The summed E-state index contributed by atoms with van der Waals surface area (Å²) in [4.78, 5) is 0. The Labute approximate surface area is 219 Å². The number of nitrogens with zero attached hydrogens (tertiary/aromatic N) is 1. The molecule has 0 saturated carbocycles. The maximum absolute atomic E-state index is 14.6. The molecule has 38 heavy (non-hydrogen) atoms. The Balaban J connectivity index is 1.78. The lowest BCUT2D eigenvalue weighted by atomic mass is 9.86. The van der Waals surface area contributed by atoms with Crippen molar-refractivity contribution in [1.82, 2.24) is 0 Å². The Morgan fingerprint density at radius 2 is 1.32 bits per heavy atom. The van der Waals surface area contributed by atoms with Crippen LogP contribution in [-0.4, -0.2) is 31.1 Å². The van der Waals surface area contributed by atoms with Crippen molar-refractivity contribution < 1.29 is 36.0 Å². The number of hydrogen-bond acceptors (Lipinski definition) is 2. The van der Waals surface area contributed by atoms with Crippen LogP contribution < -0.4 is 9.47 Å². The van der Waals surface area contributed by atoms with Gasteiger partial charge in [-0.3, -0.25) is 0 Å². The van der Waals surface area contributed by atoms with Crippen molar-refractivity contribution >= 4 is 5.71 Å². The summed E-state index contributed by atoms with van der Waals surface area (Å²) in [6, 6.07) is 11.9. The second kappa shape index (κ2) is 10.8. The summed E-state index contributed by atoms with van der Waals surface area (Å²) in [6.45, 7) is 6.28. The topological polar surface area (TPSA) is 21.5 Å². The molecule has 4 rings (SSSR count). The van der Waals surface area contributed by atoms with Gasteiger partial charge in [0.05, 0.1) is 19.8 Å². The first kappa shape index (κ1) is 27.6. The first-order valence-electron chi connectivity index (χ1n) is 12.4. The number of methoxy groups -OCH3 is 2. The highest BCUT2D eigenvalue weighted by Crippen LogP contribution is 2.34. The SMILES string of the molecule is COc1cc2c(cc1OC)C(CCc1ccc(C(C)(C)C)cc1)=[N+](Cc1c(F)c(F)c(F)c(F)c1F)CC2. The molecule has 3 aromatic rings. The molecule has 8 heteroatoms. The fraction of sp³-hybridized carbons (Fsp3) is 0.367. The second-order valence-electron chi connectivity index (χ2n) is 10.5. The molecule has 0 aromatic heterocycles. The molecule has 0 spiro atoms. The van der Waals surface area contributed by atoms with E-state index in [1.165, 1.54) is 19.8 Å². The molecule has 0 unspecified atom stereocenters. The molecule has 0 atom stereocenters. The predicted octanol–water partition coefficient (Wildman–Crippen LogP) is 6.89. The molecule has 3 nitrogen and oxygen atoms in total. The Kier molecular flexibility index (Phi) is 7.81. The standard InChI is InChI=1S/C30H31F5NO2/c1-30(2,3)19-9-6-17(7-10-19)8-11-22-20-15-24(38-5)23(37-4)14-18(20)12-13-36(22)16-21-25(31)27(33)29(35)28(34)26(21)32/h6-7,9-10,14-15H,8,11-13,16H2,1-5H3/q+1. The third-order valence-corrected chi connectivity index (χ3v) is 7.07. The summed E-state index contributed by atoms with van der Waals surface area (Å²) in [5.74, 6) is -8.62. The zero-order valence-electron chi connectivity index (χ0n) is 22.2. The largest absolute Gasteiger partial charge is 0.493 e. The van der Waals surface area contributed by atoms with Gasteiger partial charge in [0.1, 0.15) is 6.54 Å². The van der Waals surface area contributed by atoms with Gasteiger partial charge in [-0.25, -0.2) is 26.5 Å². The minimum Gasteiger partial charge on any atom is -0.493 e. The molecular weight excluding hydrogens is 501 g/mol. The van der Waals surface area contributed by atoms with Crippen molar-refractivity contribution in [3.05, 3.63) is 93.3 Å². The minimum absolute atomic E-state index is 0.00977. The lowest BCUT2D eigenvalue weighted by molar-refractivity contribution is -0.546. The Morgan fingerprint density at radius 1 is 0.763 bits per heavy atom. The summed E-state index contributed by atoms with van der Waals surface area (Å²) in [6.07, 6.45) is 1.59. The van der Waals surface area contributed by atoms with Crippen LogP contribution in [-0.2, 0) is 24.8 Å². The van der Waals surface area contributed by atoms with Gasteiger partial charge in [-0.15, -0.1) is 0 Å². The van der Waals surface area contributed by atoms with Gasteiger partial charge < -0.3 is 9.47 Å². The van der Waals surface area contributed by atoms with Crippen molar-refractivity contribution in [2.45, 2.75) is 52.0 Å². The van der Waals surface area contributed by atoms with E-state index in [-0.39, 0.29) is 5.41 Å². The number of aryl methyl sites for hydroxylation is 1. The molecule has 0 radical (unpaired) electrons. The van der Waals surface area contributed by atoms with Crippen LogP contribution in [0.2, 0.25) is 0 Å². The number of halogens is 5. The lowest BCUT2D eigenvalue weighted by Gasteiger charge is -2.22. The molecule has 0 aliphatic carbocycles. The maximum atomic E-state index is 14.6. The van der Waals surface area contributed by atoms with E-state index in [0.717, 1.165) is 22.4 Å². The fourth-order valence-electron chi connectivity index (χ4n) is 4.84. The van der Waals surface area contributed by atoms with Crippen LogP contribution in [0.3, 0.4) is 0 Å². The van der Waals surface area contributed by atoms with E-state index in [4.69, 9.17) is 9.47 Å². The highest BCUT2D eigenvalue weighted by Gasteiger charge is 2.32. The molecule has 1 aliphatic rings. The van der Waals surface area contributed by atoms with Crippen molar-refractivity contribution in [1.29, 1.82) is 0 Å². The molecule has 1 heterocycles. The predicted molar refractivity (Wildman–Crippen MR) is 136 cm³/mol. The molecule has 0 amide bonds. The molecule has 202 valence electrons. The van der Waals surface area contributed by atoms with Crippen LogP contribution in [0.15, 0.2) is 36.4 Å². The average molecular weight is 533 g/mol. The molecule has 0 bridgehead atoms. The van der Waals surface area contributed by atoms with Gasteiger partial charge in [-0.2, -0.15) is 0 Å². The van der Waals surface area contributed by atoms with Crippen molar-refractivity contribution in [2.75, 3.05) is 20.8 Å². The zero-order valence-corrected chi connectivity index (χ0v) is 22.2. The van der Waals surface area contributed by atoms with Crippen LogP contribution >= 0.6 is 0 Å². The number of ether oxygens (including phenoxy) is 2. The van der Waals surface area contributed by atoms with Gasteiger partial charge in [0.2, 0.25) is 5.82 Å². The van der Waals surface area contributed by atoms with Gasteiger partial charge in [0, 0.05) is 18.4 Å². The summed E-state index contributed by atoms with van der Waals surface area (Å²) >= 11 is 0. The Bertz CT molecular complexity index is 1360. The number of fused-ring (bicyclic) bond motifs is 1. The van der Waals surface area contributed by atoms with E-state index in [2.05, 4.69) is 32.9 Å². The van der Waals surface area contributed by atoms with Crippen LogP contribution in [0, 0.1) is 29.1 Å². The van der Waals surface area contributed by atoms with Crippen molar-refractivity contribution in [3.8, 4) is 11.5 Å². The summed E-state index contributed by atoms with van der Waals surface area (Å²) < 4.78 is 83.3. The quantitative estimate of drug-likeness (QED) is 0.143. The monoisotopic (exact) mass is 532 g/mol. The lowest BCUT2D eigenvalue weighted by Crippen LogP contribution is -2.31. The van der Waals surface area contributed by atoms with Gasteiger partial charge in [-0.05, 0) is 40.7 Å². The van der Waals surface area contributed by atoms with E-state index in [9.17, 15) is 22.0 Å². The Hall–Kier alpha value is -3.42. The van der Waals surface area contributed by atoms with Crippen molar-refractivity contribution in [2.24, 2.45) is 0 Å². The number of hydrogen-bond donors (Lipinski definition) is 0. The van der Waals surface area contributed by atoms with E-state index in [0.29, 0.717) is 37.3 Å². The first-order valence-corrected chi connectivity index (χ1v) is 12.4. The van der Waals surface area contributed by atoms with Crippen LogP contribution in [0.1, 0.15) is 55.0 Å². The molecule has 1 aliphatic heterocycles. The van der Waals surface area contributed by atoms with Crippen molar-refractivity contribution in [3.63, 3.8) is 0 Å². The minimum atomic E-state index is -2.16. The van der Waals surface area contributed by atoms with Gasteiger partial charge in [-0.1, -0.05) is 45.0 Å². The summed E-state index contributed by atoms with van der Waals surface area (Å²) in [5.41, 5.74) is 3.90. The third-order valence-electron chi connectivity index (χ3n) is 7.07. The van der Waals surface area contributed by atoms with E-state index < -0.39 is 41.2 Å². The molecule has 0 saturated heterocycles. The first-order chi connectivity index (χ1) is 18.0. The average Bonchev–Trinajstić information content (AvgIpc) is 2.91. The van der Waals surface area contributed by atoms with E-state index in [1.807, 2.05) is 18.2 Å².